The monoisotopic (exact) mass is 488 g/mol. The van der Waals surface area contributed by atoms with Gasteiger partial charge in [-0.25, -0.2) is 9.97 Å². The summed E-state index contributed by atoms with van der Waals surface area (Å²) in [4.78, 5) is 12.9. The van der Waals surface area contributed by atoms with Crippen LogP contribution in [0.2, 0.25) is 0 Å². The fourth-order valence-electron chi connectivity index (χ4n) is 3.85. The lowest BCUT2D eigenvalue weighted by atomic mass is 10.1. The van der Waals surface area contributed by atoms with Crippen LogP contribution in [0.25, 0.3) is 11.0 Å². The molecular weight excluding hydrogens is 448 g/mol. The number of thioether (sulfide) groups is 1. The van der Waals surface area contributed by atoms with Crippen molar-refractivity contribution in [3.63, 3.8) is 0 Å². The molecular formula is C30H40N4S. The van der Waals surface area contributed by atoms with Crippen molar-refractivity contribution in [3.8, 4) is 0 Å². The molecule has 0 radical (unpaired) electrons. The van der Waals surface area contributed by atoms with E-state index in [1.807, 2.05) is 36.2 Å². The Balaban J connectivity index is 1.55. The van der Waals surface area contributed by atoms with Crippen molar-refractivity contribution >= 4 is 28.6 Å². The number of hydrogen-bond donors (Lipinski definition) is 2. The van der Waals surface area contributed by atoms with Gasteiger partial charge in [0, 0.05) is 17.7 Å². The van der Waals surface area contributed by atoms with Crippen LogP contribution >= 0.6 is 11.8 Å². The summed E-state index contributed by atoms with van der Waals surface area (Å²) in [5.41, 5.74) is 7.56. The molecule has 1 unspecified atom stereocenters. The molecule has 0 saturated carbocycles. The number of aromatic nitrogens is 3. The van der Waals surface area contributed by atoms with Gasteiger partial charge < -0.3 is 10.3 Å². The third kappa shape index (κ3) is 9.06. The molecule has 0 bridgehead atoms. The lowest BCUT2D eigenvalue weighted by Gasteiger charge is -2.18. The van der Waals surface area contributed by atoms with E-state index < -0.39 is 0 Å². The van der Waals surface area contributed by atoms with Gasteiger partial charge in [-0.15, -0.1) is 0 Å². The maximum atomic E-state index is 4.86. The molecule has 1 atom stereocenters. The number of anilines is 1. The molecule has 186 valence electrons. The van der Waals surface area contributed by atoms with Crippen molar-refractivity contribution in [3.05, 3.63) is 88.9 Å². The van der Waals surface area contributed by atoms with E-state index in [1.165, 1.54) is 16.7 Å². The van der Waals surface area contributed by atoms with E-state index >= 15 is 0 Å². The van der Waals surface area contributed by atoms with E-state index in [1.54, 1.807) is 0 Å². The summed E-state index contributed by atoms with van der Waals surface area (Å²) in [7, 11) is 0. The van der Waals surface area contributed by atoms with Crippen LogP contribution in [0.1, 0.15) is 70.8 Å². The number of aromatic amines is 1. The molecule has 35 heavy (non-hydrogen) atoms. The second kappa shape index (κ2) is 13.9. The lowest BCUT2D eigenvalue weighted by Crippen LogP contribution is -2.16. The van der Waals surface area contributed by atoms with Crippen molar-refractivity contribution in [2.45, 2.75) is 66.3 Å². The van der Waals surface area contributed by atoms with Gasteiger partial charge >= 0.3 is 0 Å². The highest BCUT2D eigenvalue weighted by molar-refractivity contribution is 7.99. The van der Waals surface area contributed by atoms with E-state index in [0.29, 0.717) is 0 Å². The Morgan fingerprint density at radius 1 is 0.971 bits per heavy atom. The zero-order chi connectivity index (χ0) is 25.0. The quantitative estimate of drug-likeness (QED) is 0.187. The Hall–Kier alpha value is -2.79. The first-order valence-corrected chi connectivity index (χ1v) is 13.7. The average molecular weight is 489 g/mol. The number of para-hydroxylation sites is 2. The summed E-state index contributed by atoms with van der Waals surface area (Å²) >= 11 is 1.92. The van der Waals surface area contributed by atoms with Gasteiger partial charge in [0.25, 0.3) is 0 Å². The summed E-state index contributed by atoms with van der Waals surface area (Å²) in [6.07, 6.45) is 13.5. The molecule has 2 aromatic heterocycles. The van der Waals surface area contributed by atoms with E-state index in [-0.39, 0.29) is 6.04 Å². The Labute approximate surface area is 215 Å². The fraction of sp³-hybridized carbons (Fsp3) is 0.400. The number of H-pyrrole nitrogens is 1. The third-order valence-electron chi connectivity index (χ3n) is 6.02. The largest absolute Gasteiger partial charge is 0.359 e. The van der Waals surface area contributed by atoms with E-state index in [2.05, 4.69) is 86.3 Å². The van der Waals surface area contributed by atoms with Crippen LogP contribution in [0.3, 0.4) is 0 Å². The summed E-state index contributed by atoms with van der Waals surface area (Å²) < 4.78 is 0. The van der Waals surface area contributed by atoms with Crippen LogP contribution in [0.15, 0.2) is 77.5 Å². The van der Waals surface area contributed by atoms with E-state index in [9.17, 15) is 0 Å². The highest BCUT2D eigenvalue weighted by Crippen LogP contribution is 2.25. The topological polar surface area (TPSA) is 53.6 Å². The van der Waals surface area contributed by atoms with Crippen LogP contribution in [-0.4, -0.2) is 26.5 Å². The molecule has 2 N–H and O–H groups in total. The number of pyridine rings is 1. The third-order valence-corrected chi connectivity index (χ3v) is 6.99. The Morgan fingerprint density at radius 3 is 2.46 bits per heavy atom. The van der Waals surface area contributed by atoms with Crippen LogP contribution in [0.5, 0.6) is 0 Å². The molecule has 2 heterocycles. The van der Waals surface area contributed by atoms with Crippen molar-refractivity contribution < 1.29 is 0 Å². The summed E-state index contributed by atoms with van der Waals surface area (Å²) in [6.45, 7) is 10.9. The SMILES string of the molecule is CC(C)=CCCC(C)=CCCC(C)=CCSCC(Nc1ncccc1C)c1nc2ccccc2[nH]1. The summed E-state index contributed by atoms with van der Waals surface area (Å²) in [5.74, 6) is 3.77. The fourth-order valence-corrected chi connectivity index (χ4v) is 4.87. The van der Waals surface area contributed by atoms with Gasteiger partial charge in [0.15, 0.2) is 0 Å². The molecule has 1 aromatic carbocycles. The van der Waals surface area contributed by atoms with Crippen molar-refractivity contribution in [2.24, 2.45) is 0 Å². The molecule has 0 aliphatic rings. The van der Waals surface area contributed by atoms with Crippen molar-refractivity contribution in [2.75, 3.05) is 16.8 Å². The standard InChI is InChI=1S/C30H40N4S/c1-22(2)11-8-12-23(3)13-9-14-24(4)18-20-35-21-28(34-29-25(5)15-10-19-31-29)30-32-26-16-6-7-17-27(26)33-30/h6-7,10-11,13,15-19,28H,8-9,12,14,20-21H2,1-5H3,(H,31,34)(H,32,33). The number of nitrogens with zero attached hydrogens (tertiary/aromatic N) is 2. The predicted molar refractivity (Wildman–Crippen MR) is 154 cm³/mol. The number of hydrogen-bond acceptors (Lipinski definition) is 4. The molecule has 0 aliphatic carbocycles. The molecule has 0 aliphatic heterocycles. The molecule has 5 heteroatoms. The Kier molecular flexibility index (Phi) is 10.7. The highest BCUT2D eigenvalue weighted by atomic mass is 32.2. The molecule has 0 amide bonds. The Bertz CT molecular complexity index is 1130. The zero-order valence-electron chi connectivity index (χ0n) is 21.9. The average Bonchev–Trinajstić information content (AvgIpc) is 3.26. The summed E-state index contributed by atoms with van der Waals surface area (Å²) in [6, 6.07) is 12.3. The van der Waals surface area contributed by atoms with Crippen LogP contribution in [-0.2, 0) is 0 Å². The van der Waals surface area contributed by atoms with Gasteiger partial charge in [-0.05, 0) is 84.1 Å². The van der Waals surface area contributed by atoms with Gasteiger partial charge in [0.05, 0.1) is 17.1 Å². The van der Waals surface area contributed by atoms with Gasteiger partial charge in [0.1, 0.15) is 11.6 Å². The van der Waals surface area contributed by atoms with E-state index in [4.69, 9.17) is 4.98 Å². The first-order chi connectivity index (χ1) is 16.9. The van der Waals surface area contributed by atoms with Gasteiger partial charge in [0.2, 0.25) is 0 Å². The minimum Gasteiger partial charge on any atom is -0.359 e. The summed E-state index contributed by atoms with van der Waals surface area (Å²) in [5, 5.41) is 3.62. The zero-order valence-corrected chi connectivity index (χ0v) is 22.7. The van der Waals surface area contributed by atoms with Crippen LogP contribution < -0.4 is 5.32 Å². The minimum absolute atomic E-state index is 0.0566. The highest BCUT2D eigenvalue weighted by Gasteiger charge is 2.17. The second-order valence-corrected chi connectivity index (χ2v) is 10.6. The van der Waals surface area contributed by atoms with Crippen LogP contribution in [0, 0.1) is 6.92 Å². The second-order valence-electron chi connectivity index (χ2n) is 9.50. The number of rotatable bonds is 13. The molecule has 3 aromatic rings. The van der Waals surface area contributed by atoms with Gasteiger partial charge in [-0.1, -0.05) is 53.1 Å². The number of benzene rings is 1. The van der Waals surface area contributed by atoms with E-state index in [0.717, 1.165) is 65.4 Å². The normalized spacial score (nSPS) is 13.2. The van der Waals surface area contributed by atoms with Crippen molar-refractivity contribution in [1.82, 2.24) is 15.0 Å². The number of aryl methyl sites for hydroxylation is 1. The Morgan fingerprint density at radius 2 is 1.71 bits per heavy atom. The molecule has 4 nitrogen and oxygen atoms in total. The number of fused-ring (bicyclic) bond motifs is 1. The first-order valence-electron chi connectivity index (χ1n) is 12.6. The minimum atomic E-state index is 0.0566. The van der Waals surface area contributed by atoms with Gasteiger partial charge in [-0.3, -0.25) is 0 Å². The maximum Gasteiger partial charge on any atom is 0.130 e. The smallest absolute Gasteiger partial charge is 0.130 e. The lowest BCUT2D eigenvalue weighted by molar-refractivity contribution is 0.818. The first kappa shape index (κ1) is 26.8. The maximum absolute atomic E-state index is 4.86. The van der Waals surface area contributed by atoms with Crippen molar-refractivity contribution in [1.29, 1.82) is 0 Å². The molecule has 0 fully saturated rings. The predicted octanol–water partition coefficient (Wildman–Crippen LogP) is 8.57. The van der Waals surface area contributed by atoms with Crippen LogP contribution in [0.4, 0.5) is 5.82 Å². The number of nitrogens with one attached hydrogen (secondary N) is 2. The molecule has 0 saturated heterocycles. The van der Waals surface area contributed by atoms with Gasteiger partial charge in [-0.2, -0.15) is 11.8 Å². The molecule has 3 rings (SSSR count). The number of imidazole rings is 1. The molecule has 0 spiro atoms. The number of allylic oxidation sites excluding steroid dienone is 5.